The average Bonchev–Trinajstić information content (AvgIpc) is 1.78. The number of hydrogen-bond acceptors (Lipinski definition) is 7. The Hall–Kier alpha value is 6.81. The van der Waals surface area contributed by atoms with E-state index in [0.717, 1.165) is 4.90 Å². The largest absolute Gasteiger partial charge is 1.00 e. The Kier molecular flexibility index (Phi) is 37.0. The predicted molar refractivity (Wildman–Crippen MR) is 41.9 cm³/mol. The zero-order valence-electron chi connectivity index (χ0n) is 11.6. The van der Waals surface area contributed by atoms with Crippen molar-refractivity contribution in [1.29, 1.82) is 0 Å². The van der Waals surface area contributed by atoms with Crippen molar-refractivity contribution >= 4 is 15.2 Å². The molecule has 0 aliphatic carbocycles. The van der Waals surface area contributed by atoms with Crippen molar-refractivity contribution < 1.29 is 234 Å². The molecule has 0 rings (SSSR count). The molecule has 13 heteroatoms. The molecule has 0 atom stereocenters. The average molecular weight is 399 g/mol. The zero-order valence-corrected chi connectivity index (χ0v) is 25.9. The monoisotopic (exact) mass is 399 g/mol. The summed E-state index contributed by atoms with van der Waals surface area (Å²) in [5.74, 6) is 0. The van der Waals surface area contributed by atoms with E-state index in [1.807, 2.05) is 0 Å². The van der Waals surface area contributed by atoms with Crippen LogP contribution < -0.4 is 225 Å². The second-order valence-electron chi connectivity index (χ2n) is 2.90. The van der Waals surface area contributed by atoms with Crippen LogP contribution in [0.4, 0.5) is 0 Å². The Morgan fingerprint density at radius 2 is 1.11 bits per heavy atom. The Bertz CT molecular complexity index is 247. The smallest absolute Gasteiger partial charge is 0.810 e. The summed E-state index contributed by atoms with van der Waals surface area (Å²) in [5, 5.41) is 0. The fourth-order valence-electron chi connectivity index (χ4n) is 0.992. The van der Waals surface area contributed by atoms with E-state index in [-0.39, 0.29) is 212 Å². The normalized spacial score (nSPS) is 10.6. The molecule has 0 unspecified atom stereocenters. The first-order valence-electron chi connectivity index (χ1n) is 3.88. The van der Waals surface area contributed by atoms with Crippen LogP contribution in [-0.2, 0) is 9.13 Å². The molecule has 0 radical (unpaired) electrons. The van der Waals surface area contributed by atoms with Gasteiger partial charge < -0.3 is 28.7 Å². The van der Waals surface area contributed by atoms with Gasteiger partial charge in [-0.15, -0.1) is 0 Å². The van der Waals surface area contributed by atoms with Crippen LogP contribution in [-0.4, -0.2) is 24.0 Å². The summed E-state index contributed by atoms with van der Waals surface area (Å²) in [7, 11) is -9.62. The Morgan fingerprint density at radius 3 is 1.28 bits per heavy atom. The van der Waals surface area contributed by atoms with Crippen LogP contribution in [0, 0.1) is 0 Å². The minimum atomic E-state index is -4.81. The molecule has 86 valence electrons. The van der Waals surface area contributed by atoms with E-state index in [9.17, 15) is 28.7 Å². The van der Waals surface area contributed by atoms with E-state index in [0.29, 0.717) is 6.42 Å². The fourth-order valence-corrected chi connectivity index (χ4v) is 2.61. The van der Waals surface area contributed by atoms with Crippen LogP contribution in [0.2, 0.25) is 0 Å². The molecule has 0 aromatic rings. The van der Waals surface area contributed by atoms with E-state index in [1.165, 1.54) is 0 Å². The van der Waals surface area contributed by atoms with Crippen molar-refractivity contribution in [3.05, 3.63) is 0 Å². The van der Waals surface area contributed by atoms with Crippen molar-refractivity contribution in [2.24, 2.45) is 0 Å². The van der Waals surface area contributed by atoms with Gasteiger partial charge in [0.1, 0.15) is 0 Å². The standard InChI is InChI=1S/C5H15NO6P2.4K/c1-2-3-6(4-13(7,8)9)5-14(10,11)12;;;;/h2-5H2,1H3,(H2,7,8,9)(H2,10,11,12);;;;/q;4*+1/p-4. The second kappa shape index (κ2) is 18.6. The van der Waals surface area contributed by atoms with Crippen LogP contribution in [0.5, 0.6) is 0 Å². The SMILES string of the molecule is CCCN(CP(=O)([O-])[O-])CP(=O)([O-])[O-].[K+].[K+].[K+].[K+]. The zero-order chi connectivity index (χ0) is 11.4. The fraction of sp³-hybridized carbons (Fsp3) is 1.00. The number of nitrogens with zero attached hydrogens (tertiary/aromatic N) is 1. The van der Waals surface area contributed by atoms with Crippen LogP contribution >= 0.6 is 15.2 Å². The molecule has 0 fully saturated rings. The van der Waals surface area contributed by atoms with Gasteiger partial charge in [-0.3, -0.25) is 4.90 Å². The molecular weight excluding hydrogens is 388 g/mol. The molecule has 0 bridgehead atoms. The van der Waals surface area contributed by atoms with E-state index in [1.54, 1.807) is 6.92 Å². The van der Waals surface area contributed by atoms with Gasteiger partial charge in [-0.1, -0.05) is 22.1 Å². The minimum Gasteiger partial charge on any atom is -0.810 e. The molecule has 0 aromatic carbocycles. The summed E-state index contributed by atoms with van der Waals surface area (Å²) >= 11 is 0. The summed E-state index contributed by atoms with van der Waals surface area (Å²) in [6.07, 6.45) is -1.38. The van der Waals surface area contributed by atoms with Gasteiger partial charge in [-0.2, -0.15) is 0 Å². The molecule has 0 heterocycles. The van der Waals surface area contributed by atoms with Crippen molar-refractivity contribution in [1.82, 2.24) is 4.90 Å². The van der Waals surface area contributed by atoms with Gasteiger partial charge >= 0.3 is 206 Å². The Labute approximate surface area is 278 Å². The molecule has 0 aromatic heterocycles. The maximum absolute atomic E-state index is 10.3. The van der Waals surface area contributed by atoms with Crippen LogP contribution in [0.3, 0.4) is 0 Å². The molecule has 7 nitrogen and oxygen atoms in total. The van der Waals surface area contributed by atoms with E-state index in [2.05, 4.69) is 0 Å². The van der Waals surface area contributed by atoms with Gasteiger partial charge in [-0.05, 0) is 13.0 Å². The van der Waals surface area contributed by atoms with Gasteiger partial charge in [0.2, 0.25) is 0 Å². The molecule has 0 N–H and O–H groups in total. The Balaban J connectivity index is -0.000000141. The van der Waals surface area contributed by atoms with Crippen molar-refractivity contribution in [2.45, 2.75) is 13.3 Å². The molecule has 0 saturated carbocycles. The number of rotatable bonds is 6. The summed E-state index contributed by atoms with van der Waals surface area (Å²) in [6.45, 7) is 1.76. The third-order valence-corrected chi connectivity index (χ3v) is 2.78. The van der Waals surface area contributed by atoms with E-state index < -0.39 is 27.8 Å². The van der Waals surface area contributed by atoms with Gasteiger partial charge in [-0.25, -0.2) is 0 Å². The summed E-state index contributed by atoms with van der Waals surface area (Å²) in [4.78, 5) is 42.2. The third kappa shape index (κ3) is 27.6. The molecule has 18 heavy (non-hydrogen) atoms. The van der Waals surface area contributed by atoms with Gasteiger partial charge in [0.25, 0.3) is 0 Å². The topological polar surface area (TPSA) is 130 Å². The molecule has 0 aliphatic rings. The maximum atomic E-state index is 10.3. The van der Waals surface area contributed by atoms with Crippen molar-refractivity contribution in [3.8, 4) is 0 Å². The van der Waals surface area contributed by atoms with Crippen molar-refractivity contribution in [3.63, 3.8) is 0 Å². The first kappa shape index (κ1) is 35.8. The molecule has 0 aliphatic heterocycles. The van der Waals surface area contributed by atoms with E-state index in [4.69, 9.17) is 0 Å². The first-order valence-corrected chi connectivity index (χ1v) is 7.34. The van der Waals surface area contributed by atoms with Crippen molar-refractivity contribution in [2.75, 3.05) is 19.1 Å². The van der Waals surface area contributed by atoms with Gasteiger partial charge in [0, 0.05) is 12.6 Å². The maximum Gasteiger partial charge on any atom is 1.00 e. The van der Waals surface area contributed by atoms with Crippen LogP contribution in [0.1, 0.15) is 13.3 Å². The Morgan fingerprint density at radius 1 is 0.833 bits per heavy atom. The van der Waals surface area contributed by atoms with Gasteiger partial charge in [0.05, 0.1) is 0 Å². The van der Waals surface area contributed by atoms with Crippen LogP contribution in [0.25, 0.3) is 0 Å². The minimum absolute atomic E-state index is 0. The quantitative estimate of drug-likeness (QED) is 0.320. The summed E-state index contributed by atoms with van der Waals surface area (Å²) < 4.78 is 20.7. The first-order chi connectivity index (χ1) is 6.14. The predicted octanol–water partition coefficient (Wildman–Crippen LogP) is -14.5. The molecular formula is C5H11K4NO6P2. The summed E-state index contributed by atoms with van der Waals surface area (Å²) in [5.41, 5.74) is 0. The summed E-state index contributed by atoms with van der Waals surface area (Å²) in [6, 6.07) is 0. The number of hydrogen-bond donors (Lipinski definition) is 0. The molecule has 0 spiro atoms. The van der Waals surface area contributed by atoms with Crippen LogP contribution in [0.15, 0.2) is 0 Å². The second-order valence-corrected chi connectivity index (χ2v) is 5.91. The third-order valence-electron chi connectivity index (χ3n) is 1.29. The molecule has 0 saturated heterocycles. The van der Waals surface area contributed by atoms with E-state index >= 15 is 0 Å². The molecule has 0 amide bonds. The van der Waals surface area contributed by atoms with Gasteiger partial charge in [0.15, 0.2) is 0 Å².